The molecule has 0 spiro atoms. The first-order chi connectivity index (χ1) is 12.3. The molecular weight excluding hydrogens is 343 g/mol. The lowest BCUT2D eigenvalue weighted by atomic mass is 10.0. The van der Waals surface area contributed by atoms with Crippen molar-refractivity contribution in [3.63, 3.8) is 0 Å². The maximum atomic E-state index is 12.9. The minimum Gasteiger partial charge on any atom is -0.504 e. The smallest absolute Gasteiger partial charge is 0.416 e. The van der Waals surface area contributed by atoms with Crippen molar-refractivity contribution in [2.75, 3.05) is 7.11 Å². The molecule has 0 bridgehead atoms. The molecule has 0 amide bonds. The number of halogens is 3. The van der Waals surface area contributed by atoms with Gasteiger partial charge in [-0.25, -0.2) is 0 Å². The van der Waals surface area contributed by atoms with Crippen LogP contribution in [0.5, 0.6) is 11.5 Å². The van der Waals surface area contributed by atoms with Gasteiger partial charge >= 0.3 is 6.18 Å². The van der Waals surface area contributed by atoms with E-state index in [1.165, 1.54) is 13.2 Å². The number of fused-ring (bicyclic) bond motifs is 1. The first kappa shape index (κ1) is 18.6. The summed E-state index contributed by atoms with van der Waals surface area (Å²) in [5.74, 6) is 0.558. The fraction of sp³-hybridized carbons (Fsp3) is 0.400. The molecule has 0 radical (unpaired) electrons. The molecule has 1 aliphatic rings. The van der Waals surface area contributed by atoms with Crippen molar-refractivity contribution in [3.8, 4) is 11.5 Å². The lowest BCUT2D eigenvalue weighted by Gasteiger charge is -2.23. The van der Waals surface area contributed by atoms with Gasteiger partial charge in [-0.2, -0.15) is 13.2 Å². The predicted molar refractivity (Wildman–Crippen MR) is 93.1 cm³/mol. The van der Waals surface area contributed by atoms with Crippen LogP contribution in [-0.4, -0.2) is 23.2 Å². The molecule has 1 N–H and O–H groups in total. The standard InChI is InChI=1S/C20H22F3NO2/c1-13(3-4-14-5-8-18(25)19(9-14)26-2)24-11-15-6-7-17(20(21,22)23)10-16(15)12-24/h5-10,13,25H,3-4,11-12H2,1-2H3. The van der Waals surface area contributed by atoms with E-state index < -0.39 is 11.7 Å². The number of methoxy groups -OCH3 is 1. The number of ether oxygens (including phenoxy) is 1. The second-order valence-corrected chi connectivity index (χ2v) is 6.78. The largest absolute Gasteiger partial charge is 0.504 e. The average Bonchev–Trinajstić information content (AvgIpc) is 3.03. The van der Waals surface area contributed by atoms with Crippen molar-refractivity contribution in [2.45, 2.75) is 45.1 Å². The number of aromatic hydroxyl groups is 1. The second kappa shape index (κ2) is 7.19. The van der Waals surface area contributed by atoms with Gasteiger partial charge in [0.05, 0.1) is 12.7 Å². The fourth-order valence-corrected chi connectivity index (χ4v) is 3.34. The Bertz CT molecular complexity index is 789. The highest BCUT2D eigenvalue weighted by Crippen LogP contribution is 2.34. The van der Waals surface area contributed by atoms with E-state index in [9.17, 15) is 18.3 Å². The van der Waals surface area contributed by atoms with Gasteiger partial charge in [0.2, 0.25) is 0 Å². The van der Waals surface area contributed by atoms with Crippen LogP contribution in [0.3, 0.4) is 0 Å². The van der Waals surface area contributed by atoms with Crippen LogP contribution in [0.1, 0.15) is 35.6 Å². The van der Waals surface area contributed by atoms with Crippen molar-refractivity contribution in [1.82, 2.24) is 4.90 Å². The zero-order valence-corrected chi connectivity index (χ0v) is 14.8. The van der Waals surface area contributed by atoms with Crippen molar-refractivity contribution in [3.05, 3.63) is 58.7 Å². The topological polar surface area (TPSA) is 32.7 Å². The van der Waals surface area contributed by atoms with Crippen LogP contribution in [-0.2, 0) is 25.7 Å². The number of phenolic OH excluding ortho intramolecular Hbond substituents is 1. The monoisotopic (exact) mass is 365 g/mol. The highest BCUT2D eigenvalue weighted by Gasteiger charge is 2.32. The second-order valence-electron chi connectivity index (χ2n) is 6.78. The van der Waals surface area contributed by atoms with E-state index in [1.807, 2.05) is 12.1 Å². The van der Waals surface area contributed by atoms with Gasteiger partial charge in [0.1, 0.15) is 0 Å². The molecule has 140 valence electrons. The van der Waals surface area contributed by atoms with Crippen molar-refractivity contribution < 1.29 is 23.0 Å². The molecule has 1 aliphatic heterocycles. The van der Waals surface area contributed by atoms with Crippen LogP contribution in [0.4, 0.5) is 13.2 Å². The highest BCUT2D eigenvalue weighted by molar-refractivity contribution is 5.41. The minimum absolute atomic E-state index is 0.111. The molecule has 3 rings (SSSR count). The Labute approximate surface area is 151 Å². The molecule has 0 fully saturated rings. The molecular formula is C20H22F3NO2. The summed E-state index contributed by atoms with van der Waals surface area (Å²) in [5.41, 5.74) is 2.21. The zero-order chi connectivity index (χ0) is 18.9. The number of nitrogens with zero attached hydrogens (tertiary/aromatic N) is 1. The number of hydrogen-bond donors (Lipinski definition) is 1. The third-order valence-electron chi connectivity index (χ3n) is 5.00. The first-order valence-corrected chi connectivity index (χ1v) is 8.57. The maximum Gasteiger partial charge on any atom is 0.416 e. The summed E-state index contributed by atoms with van der Waals surface area (Å²) in [7, 11) is 1.51. The summed E-state index contributed by atoms with van der Waals surface area (Å²) >= 11 is 0. The van der Waals surface area contributed by atoms with Crippen LogP contribution >= 0.6 is 0 Å². The van der Waals surface area contributed by atoms with E-state index in [0.717, 1.165) is 35.6 Å². The highest BCUT2D eigenvalue weighted by atomic mass is 19.4. The third-order valence-corrected chi connectivity index (χ3v) is 5.00. The van der Waals surface area contributed by atoms with Crippen LogP contribution in [0, 0.1) is 0 Å². The normalized spacial score (nSPS) is 15.7. The van der Waals surface area contributed by atoms with E-state index >= 15 is 0 Å². The molecule has 0 aliphatic carbocycles. The van der Waals surface area contributed by atoms with Crippen LogP contribution in [0.2, 0.25) is 0 Å². The Hall–Kier alpha value is -2.21. The summed E-state index contributed by atoms with van der Waals surface area (Å²) in [6.07, 6.45) is -2.63. The first-order valence-electron chi connectivity index (χ1n) is 8.57. The summed E-state index contributed by atoms with van der Waals surface area (Å²) in [4.78, 5) is 2.20. The lowest BCUT2D eigenvalue weighted by molar-refractivity contribution is -0.137. The molecule has 1 atom stereocenters. The maximum absolute atomic E-state index is 12.9. The van der Waals surface area contributed by atoms with Gasteiger partial charge in [0, 0.05) is 19.1 Å². The van der Waals surface area contributed by atoms with Crippen molar-refractivity contribution in [2.24, 2.45) is 0 Å². The Morgan fingerprint density at radius 2 is 1.85 bits per heavy atom. The summed E-state index contributed by atoms with van der Waals surface area (Å²) < 4.78 is 43.7. The Morgan fingerprint density at radius 1 is 1.12 bits per heavy atom. The van der Waals surface area contributed by atoms with E-state index in [2.05, 4.69) is 11.8 Å². The van der Waals surface area contributed by atoms with Gasteiger partial charge in [-0.1, -0.05) is 12.1 Å². The molecule has 1 heterocycles. The number of alkyl halides is 3. The fourth-order valence-electron chi connectivity index (χ4n) is 3.34. The molecule has 1 unspecified atom stereocenters. The summed E-state index contributed by atoms with van der Waals surface area (Å²) in [6, 6.07) is 9.55. The third kappa shape index (κ3) is 3.96. The van der Waals surface area contributed by atoms with E-state index in [4.69, 9.17) is 4.74 Å². The molecule has 26 heavy (non-hydrogen) atoms. The van der Waals surface area contributed by atoms with Gasteiger partial charge in [-0.3, -0.25) is 4.90 Å². The summed E-state index contributed by atoms with van der Waals surface area (Å²) in [5, 5.41) is 9.65. The van der Waals surface area contributed by atoms with E-state index in [-0.39, 0.29) is 11.8 Å². The quantitative estimate of drug-likeness (QED) is 0.829. The minimum atomic E-state index is -4.30. The van der Waals surface area contributed by atoms with E-state index in [0.29, 0.717) is 18.8 Å². The van der Waals surface area contributed by atoms with Gasteiger partial charge in [-0.05, 0) is 60.7 Å². The lowest BCUT2D eigenvalue weighted by Crippen LogP contribution is -2.28. The zero-order valence-electron chi connectivity index (χ0n) is 14.8. The number of rotatable bonds is 5. The van der Waals surface area contributed by atoms with Crippen molar-refractivity contribution in [1.29, 1.82) is 0 Å². The van der Waals surface area contributed by atoms with Crippen molar-refractivity contribution >= 4 is 0 Å². The molecule has 3 nitrogen and oxygen atoms in total. The molecule has 0 aromatic heterocycles. The number of hydrogen-bond acceptors (Lipinski definition) is 3. The Balaban J connectivity index is 1.62. The number of aryl methyl sites for hydroxylation is 1. The Kier molecular flexibility index (Phi) is 5.14. The van der Waals surface area contributed by atoms with Crippen LogP contribution in [0.15, 0.2) is 36.4 Å². The van der Waals surface area contributed by atoms with Crippen LogP contribution in [0.25, 0.3) is 0 Å². The van der Waals surface area contributed by atoms with E-state index in [1.54, 1.807) is 12.1 Å². The molecule has 2 aromatic rings. The van der Waals surface area contributed by atoms with Gasteiger partial charge in [-0.15, -0.1) is 0 Å². The molecule has 2 aromatic carbocycles. The SMILES string of the molecule is COc1cc(CCC(C)N2Cc3ccc(C(F)(F)F)cc3C2)ccc1O. The predicted octanol–water partition coefficient (Wildman–Crippen LogP) is 4.76. The summed E-state index contributed by atoms with van der Waals surface area (Å²) in [6.45, 7) is 3.31. The molecule has 0 saturated carbocycles. The molecule has 0 saturated heterocycles. The Morgan fingerprint density at radius 3 is 2.54 bits per heavy atom. The average molecular weight is 365 g/mol. The van der Waals surface area contributed by atoms with Crippen LogP contribution < -0.4 is 4.74 Å². The van der Waals surface area contributed by atoms with Gasteiger partial charge in [0.15, 0.2) is 11.5 Å². The van der Waals surface area contributed by atoms with Gasteiger partial charge < -0.3 is 9.84 Å². The molecule has 6 heteroatoms. The number of phenols is 1. The van der Waals surface area contributed by atoms with Gasteiger partial charge in [0.25, 0.3) is 0 Å². The number of benzene rings is 2.